The lowest BCUT2D eigenvalue weighted by molar-refractivity contribution is -0.138. The number of nitrogens with one attached hydrogen (secondary N) is 1. The minimum Gasteiger partial charge on any atom is -0.480 e. The van der Waals surface area contributed by atoms with Crippen LogP contribution >= 0.6 is 0 Å². The molecule has 0 saturated carbocycles. The van der Waals surface area contributed by atoms with Crippen LogP contribution in [0.1, 0.15) is 12.6 Å². The fraction of sp³-hybridized carbons (Fsp3) is 0.400. The summed E-state index contributed by atoms with van der Waals surface area (Å²) in [5.41, 5.74) is 0.970. The van der Waals surface area contributed by atoms with Gasteiger partial charge in [-0.25, -0.2) is 0 Å². The van der Waals surface area contributed by atoms with E-state index in [-0.39, 0.29) is 0 Å². The molecule has 1 unspecified atom stereocenters. The molecule has 4 heteroatoms. The molecule has 0 aliphatic rings. The number of carboxylic acid groups (broad SMARTS) is 1. The van der Waals surface area contributed by atoms with Crippen molar-refractivity contribution in [3.63, 3.8) is 0 Å². The lowest BCUT2D eigenvalue weighted by Gasteiger charge is -2.07. The van der Waals surface area contributed by atoms with E-state index in [1.54, 1.807) is 13.1 Å². The van der Waals surface area contributed by atoms with E-state index < -0.39 is 12.0 Å². The van der Waals surface area contributed by atoms with Gasteiger partial charge in [-0.1, -0.05) is 6.07 Å². The number of carbonyl (C=O) groups is 1. The minimum absolute atomic E-state index is 0.501. The van der Waals surface area contributed by atoms with Crippen molar-refractivity contribution in [2.24, 2.45) is 0 Å². The zero-order valence-corrected chi connectivity index (χ0v) is 8.10. The van der Waals surface area contributed by atoms with Gasteiger partial charge in [0, 0.05) is 24.9 Å². The third-order valence-corrected chi connectivity index (χ3v) is 1.93. The van der Waals surface area contributed by atoms with Crippen molar-refractivity contribution in [3.8, 4) is 0 Å². The van der Waals surface area contributed by atoms with Gasteiger partial charge < -0.3 is 10.4 Å². The van der Waals surface area contributed by atoms with E-state index in [0.29, 0.717) is 6.54 Å². The predicted molar refractivity (Wildman–Crippen MR) is 53.0 cm³/mol. The van der Waals surface area contributed by atoms with Gasteiger partial charge in [-0.2, -0.15) is 0 Å². The van der Waals surface area contributed by atoms with Crippen molar-refractivity contribution in [3.05, 3.63) is 30.1 Å². The second-order valence-electron chi connectivity index (χ2n) is 3.09. The highest BCUT2D eigenvalue weighted by Crippen LogP contribution is 1.93. The van der Waals surface area contributed by atoms with Crippen LogP contribution in [0, 0.1) is 0 Å². The van der Waals surface area contributed by atoms with Crippen molar-refractivity contribution in [2.45, 2.75) is 19.4 Å². The molecule has 1 atom stereocenters. The molecular weight excluding hydrogens is 180 g/mol. The molecular formula is C10H14N2O2. The molecule has 0 bridgehead atoms. The summed E-state index contributed by atoms with van der Waals surface area (Å²) in [7, 11) is 0. The number of nitrogens with zero attached hydrogens (tertiary/aromatic N) is 1. The van der Waals surface area contributed by atoms with E-state index >= 15 is 0 Å². The molecule has 0 aliphatic carbocycles. The molecule has 0 aliphatic heterocycles. The zero-order chi connectivity index (χ0) is 10.4. The Bertz CT molecular complexity index is 287. The number of pyridine rings is 1. The highest BCUT2D eigenvalue weighted by molar-refractivity contribution is 5.72. The SMILES string of the molecule is CC(NCCc1ccccn1)C(=O)O. The summed E-state index contributed by atoms with van der Waals surface area (Å²) in [4.78, 5) is 14.6. The van der Waals surface area contributed by atoms with E-state index in [1.807, 2.05) is 18.2 Å². The van der Waals surface area contributed by atoms with Crippen LogP contribution in [-0.2, 0) is 11.2 Å². The first-order valence-corrected chi connectivity index (χ1v) is 4.56. The Morgan fingerprint density at radius 1 is 1.64 bits per heavy atom. The molecule has 2 N–H and O–H groups in total. The Labute approximate surface area is 83.0 Å². The lowest BCUT2D eigenvalue weighted by atomic mass is 10.2. The fourth-order valence-electron chi connectivity index (χ4n) is 1.05. The number of aromatic nitrogens is 1. The average Bonchev–Trinajstić information content (AvgIpc) is 2.19. The lowest BCUT2D eigenvalue weighted by Crippen LogP contribution is -2.35. The smallest absolute Gasteiger partial charge is 0.320 e. The normalized spacial score (nSPS) is 12.4. The molecule has 0 amide bonds. The van der Waals surface area contributed by atoms with E-state index in [2.05, 4.69) is 10.3 Å². The Morgan fingerprint density at radius 3 is 3.00 bits per heavy atom. The maximum atomic E-state index is 10.5. The number of hydrogen-bond donors (Lipinski definition) is 2. The van der Waals surface area contributed by atoms with Crippen LogP contribution < -0.4 is 5.32 Å². The predicted octanol–water partition coefficient (Wildman–Crippen LogP) is 0.687. The van der Waals surface area contributed by atoms with E-state index in [9.17, 15) is 4.79 Å². The van der Waals surface area contributed by atoms with E-state index in [4.69, 9.17) is 5.11 Å². The van der Waals surface area contributed by atoms with Crippen LogP contribution in [0.25, 0.3) is 0 Å². The first kappa shape index (κ1) is 10.7. The summed E-state index contributed by atoms with van der Waals surface area (Å²) in [5.74, 6) is -0.828. The molecule has 0 saturated heterocycles. The molecule has 0 aromatic carbocycles. The van der Waals surface area contributed by atoms with Gasteiger partial charge in [-0.3, -0.25) is 9.78 Å². The van der Waals surface area contributed by atoms with Crippen molar-refractivity contribution in [1.82, 2.24) is 10.3 Å². The molecule has 1 rings (SSSR count). The van der Waals surface area contributed by atoms with Gasteiger partial charge in [0.25, 0.3) is 0 Å². The molecule has 76 valence electrons. The van der Waals surface area contributed by atoms with Crippen LogP contribution in [0.2, 0.25) is 0 Å². The van der Waals surface area contributed by atoms with Gasteiger partial charge in [0.1, 0.15) is 6.04 Å². The molecule has 1 aromatic heterocycles. The minimum atomic E-state index is -0.828. The van der Waals surface area contributed by atoms with Crippen LogP contribution in [-0.4, -0.2) is 28.6 Å². The maximum absolute atomic E-state index is 10.5. The molecule has 14 heavy (non-hydrogen) atoms. The Morgan fingerprint density at radius 2 is 2.43 bits per heavy atom. The average molecular weight is 194 g/mol. The van der Waals surface area contributed by atoms with Crippen molar-refractivity contribution >= 4 is 5.97 Å². The van der Waals surface area contributed by atoms with Crippen LogP contribution in [0.4, 0.5) is 0 Å². The summed E-state index contributed by atoms with van der Waals surface area (Å²) < 4.78 is 0. The van der Waals surface area contributed by atoms with Gasteiger partial charge in [-0.15, -0.1) is 0 Å². The van der Waals surface area contributed by atoms with E-state index in [0.717, 1.165) is 12.1 Å². The van der Waals surface area contributed by atoms with Crippen molar-refractivity contribution in [2.75, 3.05) is 6.54 Å². The molecule has 1 heterocycles. The molecule has 4 nitrogen and oxygen atoms in total. The molecule has 1 aromatic rings. The standard InChI is InChI=1S/C10H14N2O2/c1-8(10(13)14)11-7-5-9-4-2-3-6-12-9/h2-4,6,8,11H,5,7H2,1H3,(H,13,14). The third-order valence-electron chi connectivity index (χ3n) is 1.93. The van der Waals surface area contributed by atoms with Crippen LogP contribution in [0.3, 0.4) is 0 Å². The fourth-order valence-corrected chi connectivity index (χ4v) is 1.05. The molecule has 0 spiro atoms. The highest BCUT2D eigenvalue weighted by atomic mass is 16.4. The number of rotatable bonds is 5. The van der Waals surface area contributed by atoms with Gasteiger partial charge in [-0.05, 0) is 19.1 Å². The summed E-state index contributed by atoms with van der Waals surface area (Å²) in [6.07, 6.45) is 2.48. The molecule has 0 radical (unpaired) electrons. The Kier molecular flexibility index (Phi) is 4.07. The summed E-state index contributed by atoms with van der Waals surface area (Å²) in [6.45, 7) is 2.26. The van der Waals surface area contributed by atoms with Crippen LogP contribution in [0.5, 0.6) is 0 Å². The zero-order valence-electron chi connectivity index (χ0n) is 8.10. The second-order valence-corrected chi connectivity index (χ2v) is 3.09. The highest BCUT2D eigenvalue weighted by Gasteiger charge is 2.08. The monoisotopic (exact) mass is 194 g/mol. The van der Waals surface area contributed by atoms with Crippen molar-refractivity contribution in [1.29, 1.82) is 0 Å². The Hall–Kier alpha value is -1.42. The quantitative estimate of drug-likeness (QED) is 0.723. The molecule has 0 fully saturated rings. The Balaban J connectivity index is 2.26. The van der Waals surface area contributed by atoms with Crippen molar-refractivity contribution < 1.29 is 9.90 Å². The topological polar surface area (TPSA) is 62.2 Å². The first-order chi connectivity index (χ1) is 6.70. The summed E-state index contributed by atoms with van der Waals surface area (Å²) >= 11 is 0. The first-order valence-electron chi connectivity index (χ1n) is 4.56. The summed E-state index contributed by atoms with van der Waals surface area (Å²) in [5, 5.41) is 11.5. The largest absolute Gasteiger partial charge is 0.480 e. The van der Waals surface area contributed by atoms with Gasteiger partial charge in [0.05, 0.1) is 0 Å². The van der Waals surface area contributed by atoms with Gasteiger partial charge in [0.15, 0.2) is 0 Å². The number of hydrogen-bond acceptors (Lipinski definition) is 3. The second kappa shape index (κ2) is 5.34. The number of aliphatic carboxylic acids is 1. The van der Waals surface area contributed by atoms with Gasteiger partial charge in [0.2, 0.25) is 0 Å². The van der Waals surface area contributed by atoms with E-state index in [1.165, 1.54) is 0 Å². The van der Waals surface area contributed by atoms with Crippen LogP contribution in [0.15, 0.2) is 24.4 Å². The third kappa shape index (κ3) is 3.53. The maximum Gasteiger partial charge on any atom is 0.320 e. The number of carboxylic acids is 1. The summed E-state index contributed by atoms with van der Waals surface area (Å²) in [6, 6.07) is 5.20. The van der Waals surface area contributed by atoms with Gasteiger partial charge >= 0.3 is 5.97 Å².